The van der Waals surface area contributed by atoms with Crippen LogP contribution in [0.3, 0.4) is 0 Å². The summed E-state index contributed by atoms with van der Waals surface area (Å²) in [6.07, 6.45) is 0.0593. The van der Waals surface area contributed by atoms with E-state index >= 15 is 0 Å². The molecular formula is C12H14ClN3OS2. The summed E-state index contributed by atoms with van der Waals surface area (Å²) in [7, 11) is 0. The maximum Gasteiger partial charge on any atom is 0.151 e. The average molecular weight is 316 g/mol. The highest BCUT2D eigenvalue weighted by molar-refractivity contribution is 7.98. The Morgan fingerprint density at radius 1 is 1.42 bits per heavy atom. The lowest BCUT2D eigenvalue weighted by atomic mass is 10.4. The van der Waals surface area contributed by atoms with Gasteiger partial charge in [-0.15, -0.1) is 21.5 Å². The topological polar surface area (TPSA) is 47.9 Å². The largest absolute Gasteiger partial charge is 0.372 e. The Balaban J connectivity index is 1.91. The van der Waals surface area contributed by atoms with Crippen LogP contribution in [-0.4, -0.2) is 21.8 Å². The molecule has 2 rings (SSSR count). The van der Waals surface area contributed by atoms with E-state index in [-0.39, 0.29) is 6.10 Å². The maximum absolute atomic E-state index is 5.69. The van der Waals surface area contributed by atoms with Crippen molar-refractivity contribution in [3.05, 3.63) is 33.4 Å². The Bertz CT molecular complexity index is 518. The van der Waals surface area contributed by atoms with Crippen molar-refractivity contribution in [3.63, 3.8) is 0 Å². The zero-order chi connectivity index (χ0) is 13.7. The summed E-state index contributed by atoms with van der Waals surface area (Å²) in [5.41, 5.74) is 1.04. The minimum Gasteiger partial charge on any atom is -0.372 e. The third-order valence-electron chi connectivity index (χ3n) is 2.31. The Hall–Kier alpha value is -0.690. The molecule has 0 aliphatic rings. The van der Waals surface area contributed by atoms with Gasteiger partial charge in [0.1, 0.15) is 16.1 Å². The Morgan fingerprint density at radius 2 is 2.26 bits per heavy atom. The summed E-state index contributed by atoms with van der Waals surface area (Å²) in [5.74, 6) is 0.770. The van der Waals surface area contributed by atoms with Gasteiger partial charge in [-0.2, -0.15) is 0 Å². The van der Waals surface area contributed by atoms with Crippen LogP contribution in [0, 0.1) is 0 Å². The molecule has 0 fully saturated rings. The first kappa shape index (κ1) is 14.7. The van der Waals surface area contributed by atoms with Gasteiger partial charge in [0.25, 0.3) is 0 Å². The number of thiazole rings is 1. The number of thioether (sulfide) groups is 1. The number of hydrogen-bond acceptors (Lipinski definition) is 6. The van der Waals surface area contributed by atoms with E-state index in [2.05, 4.69) is 20.6 Å². The summed E-state index contributed by atoms with van der Waals surface area (Å²) in [4.78, 5) is 4.56. The monoisotopic (exact) mass is 315 g/mol. The van der Waals surface area contributed by atoms with Gasteiger partial charge < -0.3 is 4.74 Å². The second-order valence-electron chi connectivity index (χ2n) is 3.76. The number of rotatable bonds is 6. The highest BCUT2D eigenvalue weighted by Crippen LogP contribution is 2.25. The number of ether oxygens (including phenoxy) is 1. The van der Waals surface area contributed by atoms with Crippen LogP contribution in [0.15, 0.2) is 22.5 Å². The molecule has 0 amide bonds. The average Bonchev–Trinajstić information content (AvgIpc) is 2.87. The lowest BCUT2D eigenvalue weighted by Gasteiger charge is -2.06. The fourth-order valence-electron chi connectivity index (χ4n) is 1.43. The fraction of sp³-hybridized carbons (Fsp3) is 0.417. The van der Waals surface area contributed by atoms with Crippen LogP contribution in [0.25, 0.3) is 0 Å². The summed E-state index contributed by atoms with van der Waals surface area (Å²) in [5, 5.41) is 12.1. The van der Waals surface area contributed by atoms with E-state index in [1.807, 2.05) is 19.9 Å². The van der Waals surface area contributed by atoms with Crippen molar-refractivity contribution in [2.24, 2.45) is 0 Å². The lowest BCUT2D eigenvalue weighted by molar-refractivity contribution is 0.0761. The molecule has 0 aliphatic heterocycles. The Kier molecular flexibility index (Phi) is 5.57. The van der Waals surface area contributed by atoms with Crippen LogP contribution in [0.2, 0.25) is 5.15 Å². The molecule has 0 unspecified atom stereocenters. The second kappa shape index (κ2) is 7.19. The van der Waals surface area contributed by atoms with Gasteiger partial charge in [-0.05, 0) is 26.0 Å². The van der Waals surface area contributed by atoms with Crippen LogP contribution in [0.5, 0.6) is 0 Å². The minimum absolute atomic E-state index is 0.0593. The molecule has 2 aromatic heterocycles. The molecule has 0 bridgehead atoms. The van der Waals surface area contributed by atoms with E-state index in [4.69, 9.17) is 16.3 Å². The first-order valence-corrected chi connectivity index (χ1v) is 8.11. The number of halogens is 1. The van der Waals surface area contributed by atoms with E-state index in [1.54, 1.807) is 29.2 Å². The molecule has 2 aromatic rings. The van der Waals surface area contributed by atoms with E-state index in [0.717, 1.165) is 21.5 Å². The third-order valence-corrected chi connectivity index (χ3v) is 4.52. The van der Waals surface area contributed by atoms with E-state index < -0.39 is 0 Å². The van der Waals surface area contributed by atoms with Gasteiger partial charge >= 0.3 is 0 Å². The van der Waals surface area contributed by atoms with Crippen molar-refractivity contribution < 1.29 is 4.74 Å². The second-order valence-corrected chi connectivity index (χ2v) is 6.03. The van der Waals surface area contributed by atoms with Gasteiger partial charge in [0.05, 0.1) is 5.69 Å². The minimum atomic E-state index is 0.0593. The van der Waals surface area contributed by atoms with Gasteiger partial charge in [0.15, 0.2) is 5.15 Å². The molecule has 19 heavy (non-hydrogen) atoms. The number of hydrogen-bond donors (Lipinski definition) is 0. The fourth-order valence-corrected chi connectivity index (χ4v) is 3.16. The summed E-state index contributed by atoms with van der Waals surface area (Å²) < 4.78 is 5.52. The predicted octanol–water partition coefficient (Wildman–Crippen LogP) is 3.98. The molecule has 4 nitrogen and oxygen atoms in total. The molecule has 1 atom stereocenters. The summed E-state index contributed by atoms with van der Waals surface area (Å²) in [6, 6.07) is 3.59. The molecule has 0 saturated heterocycles. The Labute approximate surface area is 125 Å². The summed E-state index contributed by atoms with van der Waals surface area (Å²) >= 11 is 8.91. The van der Waals surface area contributed by atoms with Crippen LogP contribution in [0.4, 0.5) is 0 Å². The molecule has 0 radical (unpaired) electrons. The SMILES string of the molecule is CCO[C@@H](C)c1nc(CSc2ccc(Cl)nn2)cs1. The molecule has 0 saturated carbocycles. The van der Waals surface area contributed by atoms with E-state index in [1.165, 1.54) is 0 Å². The van der Waals surface area contributed by atoms with Gasteiger partial charge in [0.2, 0.25) is 0 Å². The van der Waals surface area contributed by atoms with Crippen molar-refractivity contribution in [1.29, 1.82) is 0 Å². The van der Waals surface area contributed by atoms with Crippen molar-refractivity contribution in [2.45, 2.75) is 30.7 Å². The van der Waals surface area contributed by atoms with Crippen LogP contribution >= 0.6 is 34.7 Å². The third kappa shape index (κ3) is 4.42. The highest BCUT2D eigenvalue weighted by Gasteiger charge is 2.10. The first-order valence-electron chi connectivity index (χ1n) is 5.87. The van der Waals surface area contributed by atoms with Gasteiger partial charge in [-0.3, -0.25) is 0 Å². The molecule has 7 heteroatoms. The van der Waals surface area contributed by atoms with Gasteiger partial charge in [-0.1, -0.05) is 23.4 Å². The van der Waals surface area contributed by atoms with E-state index in [0.29, 0.717) is 11.8 Å². The van der Waals surface area contributed by atoms with Crippen molar-refractivity contribution in [1.82, 2.24) is 15.2 Å². The van der Waals surface area contributed by atoms with Crippen LogP contribution in [-0.2, 0) is 10.5 Å². The molecule has 0 spiro atoms. The van der Waals surface area contributed by atoms with Crippen LogP contribution < -0.4 is 0 Å². The normalized spacial score (nSPS) is 12.6. The standard InChI is InChI=1S/C12H14ClN3OS2/c1-3-17-8(2)12-14-9(7-19-12)6-18-11-5-4-10(13)15-16-11/h4-5,7-8H,3,6H2,1-2H3/t8-/m0/s1. The maximum atomic E-state index is 5.69. The molecule has 0 aliphatic carbocycles. The predicted molar refractivity (Wildman–Crippen MR) is 78.8 cm³/mol. The van der Waals surface area contributed by atoms with Crippen molar-refractivity contribution in [3.8, 4) is 0 Å². The van der Waals surface area contributed by atoms with Gasteiger partial charge in [0, 0.05) is 17.7 Å². The molecule has 2 heterocycles. The molecule has 102 valence electrons. The smallest absolute Gasteiger partial charge is 0.151 e. The Morgan fingerprint density at radius 3 is 2.95 bits per heavy atom. The molecular weight excluding hydrogens is 302 g/mol. The van der Waals surface area contributed by atoms with Crippen molar-refractivity contribution >= 4 is 34.7 Å². The highest BCUT2D eigenvalue weighted by atomic mass is 35.5. The lowest BCUT2D eigenvalue weighted by Crippen LogP contribution is -1.98. The van der Waals surface area contributed by atoms with Gasteiger partial charge in [-0.25, -0.2) is 4.98 Å². The number of nitrogens with zero attached hydrogens (tertiary/aromatic N) is 3. The first-order chi connectivity index (χ1) is 9.19. The number of aromatic nitrogens is 3. The van der Waals surface area contributed by atoms with Crippen LogP contribution in [0.1, 0.15) is 30.7 Å². The zero-order valence-corrected chi connectivity index (χ0v) is 13.1. The van der Waals surface area contributed by atoms with E-state index in [9.17, 15) is 0 Å². The molecule has 0 aromatic carbocycles. The quantitative estimate of drug-likeness (QED) is 0.755. The molecule has 0 N–H and O–H groups in total. The zero-order valence-electron chi connectivity index (χ0n) is 10.7. The summed E-state index contributed by atoms with van der Waals surface area (Å²) in [6.45, 7) is 4.70. The van der Waals surface area contributed by atoms with Crippen molar-refractivity contribution in [2.75, 3.05) is 6.61 Å².